The van der Waals surface area contributed by atoms with Crippen LogP contribution in [0.4, 0.5) is 0 Å². The highest BCUT2D eigenvalue weighted by molar-refractivity contribution is 6.41. The number of imide groups is 1. The monoisotopic (exact) mass is 271 g/mol. The third-order valence-corrected chi connectivity index (χ3v) is 3.24. The van der Waals surface area contributed by atoms with Crippen molar-refractivity contribution in [3.8, 4) is 0 Å². The van der Waals surface area contributed by atoms with Crippen molar-refractivity contribution in [2.45, 2.75) is 26.3 Å². The largest absolute Gasteiger partial charge is 0.269 e. The number of hydrogen-bond acceptors (Lipinski definition) is 2. The molecule has 0 spiro atoms. The van der Waals surface area contributed by atoms with Crippen molar-refractivity contribution >= 4 is 35.0 Å². The van der Waals surface area contributed by atoms with Crippen LogP contribution in [0, 0.1) is 0 Å². The molecule has 1 aromatic carbocycles. The SMILES string of the molecule is CC(C)(C)N1C(=O)c2c(Cl)ccc(Cl)c2C1=O. The summed E-state index contributed by atoms with van der Waals surface area (Å²) in [4.78, 5) is 25.6. The summed E-state index contributed by atoms with van der Waals surface area (Å²) in [6, 6.07) is 3.06. The molecule has 2 rings (SSSR count). The number of rotatable bonds is 0. The van der Waals surface area contributed by atoms with E-state index >= 15 is 0 Å². The second-order valence-corrected chi connectivity index (χ2v) is 5.71. The molecular formula is C12H11Cl2NO2. The first-order valence-electron chi connectivity index (χ1n) is 5.12. The van der Waals surface area contributed by atoms with E-state index in [9.17, 15) is 9.59 Å². The van der Waals surface area contributed by atoms with Crippen LogP contribution in [-0.2, 0) is 0 Å². The summed E-state index contributed by atoms with van der Waals surface area (Å²) in [5, 5.41) is 0.518. The van der Waals surface area contributed by atoms with Gasteiger partial charge in [-0.3, -0.25) is 14.5 Å². The minimum absolute atomic E-state index is 0.207. The van der Waals surface area contributed by atoms with E-state index in [0.717, 1.165) is 0 Å². The molecule has 3 nitrogen and oxygen atoms in total. The van der Waals surface area contributed by atoms with Gasteiger partial charge in [-0.1, -0.05) is 23.2 Å². The Labute approximate surface area is 109 Å². The Kier molecular flexibility index (Phi) is 2.71. The van der Waals surface area contributed by atoms with Crippen molar-refractivity contribution in [1.82, 2.24) is 4.90 Å². The van der Waals surface area contributed by atoms with Gasteiger partial charge in [-0.05, 0) is 32.9 Å². The molecular weight excluding hydrogens is 261 g/mol. The van der Waals surface area contributed by atoms with Gasteiger partial charge in [0.2, 0.25) is 0 Å². The third kappa shape index (κ3) is 1.74. The molecule has 0 aromatic heterocycles. The quantitative estimate of drug-likeness (QED) is 0.679. The highest BCUT2D eigenvalue weighted by Crippen LogP contribution is 2.37. The number of benzene rings is 1. The van der Waals surface area contributed by atoms with Gasteiger partial charge in [0.1, 0.15) is 0 Å². The van der Waals surface area contributed by atoms with Crippen LogP contribution in [0.5, 0.6) is 0 Å². The van der Waals surface area contributed by atoms with Crippen molar-refractivity contribution < 1.29 is 9.59 Å². The van der Waals surface area contributed by atoms with E-state index in [-0.39, 0.29) is 33.0 Å². The number of carbonyl (C=O) groups excluding carboxylic acids is 2. The van der Waals surface area contributed by atoms with Crippen molar-refractivity contribution in [1.29, 1.82) is 0 Å². The fourth-order valence-electron chi connectivity index (χ4n) is 1.90. The smallest absolute Gasteiger partial charge is 0.263 e. The molecule has 0 atom stereocenters. The first kappa shape index (κ1) is 12.4. The summed E-state index contributed by atoms with van der Waals surface area (Å²) < 4.78 is 0. The lowest BCUT2D eigenvalue weighted by molar-refractivity contribution is 0.0508. The maximum atomic E-state index is 12.2. The molecule has 2 amide bonds. The van der Waals surface area contributed by atoms with Crippen LogP contribution in [-0.4, -0.2) is 22.3 Å². The second-order valence-electron chi connectivity index (χ2n) is 4.90. The van der Waals surface area contributed by atoms with Crippen LogP contribution in [0.3, 0.4) is 0 Å². The van der Waals surface area contributed by atoms with Gasteiger partial charge in [0.25, 0.3) is 11.8 Å². The van der Waals surface area contributed by atoms with Crippen molar-refractivity contribution in [2.24, 2.45) is 0 Å². The Morgan fingerprint density at radius 3 is 1.59 bits per heavy atom. The van der Waals surface area contributed by atoms with E-state index in [0.29, 0.717) is 0 Å². The molecule has 0 radical (unpaired) electrons. The third-order valence-electron chi connectivity index (χ3n) is 2.61. The van der Waals surface area contributed by atoms with Crippen LogP contribution in [0.1, 0.15) is 41.5 Å². The minimum Gasteiger partial charge on any atom is -0.269 e. The van der Waals surface area contributed by atoms with E-state index in [1.165, 1.54) is 17.0 Å². The predicted octanol–water partition coefficient (Wildman–Crippen LogP) is 3.39. The zero-order valence-electron chi connectivity index (χ0n) is 9.67. The van der Waals surface area contributed by atoms with Crippen LogP contribution in [0.2, 0.25) is 10.0 Å². The van der Waals surface area contributed by atoms with E-state index in [4.69, 9.17) is 23.2 Å². The minimum atomic E-state index is -0.597. The number of fused-ring (bicyclic) bond motifs is 1. The molecule has 0 aliphatic carbocycles. The first-order valence-corrected chi connectivity index (χ1v) is 5.87. The molecule has 5 heteroatoms. The maximum absolute atomic E-state index is 12.2. The van der Waals surface area contributed by atoms with Gasteiger partial charge in [-0.25, -0.2) is 0 Å². The van der Waals surface area contributed by atoms with Gasteiger partial charge in [0.05, 0.1) is 21.2 Å². The van der Waals surface area contributed by atoms with E-state index in [1.54, 1.807) is 20.8 Å². The average Bonchev–Trinajstić information content (AvgIpc) is 2.45. The fraction of sp³-hybridized carbons (Fsp3) is 0.333. The Hall–Kier alpha value is -1.06. The van der Waals surface area contributed by atoms with Gasteiger partial charge in [-0.2, -0.15) is 0 Å². The second kappa shape index (κ2) is 3.72. The van der Waals surface area contributed by atoms with E-state index in [2.05, 4.69) is 0 Å². The number of hydrogen-bond donors (Lipinski definition) is 0. The van der Waals surface area contributed by atoms with Gasteiger partial charge in [-0.15, -0.1) is 0 Å². The van der Waals surface area contributed by atoms with Gasteiger partial charge in [0, 0.05) is 5.54 Å². The molecule has 0 fully saturated rings. The summed E-state index contributed by atoms with van der Waals surface area (Å²) in [7, 11) is 0. The van der Waals surface area contributed by atoms with Crippen LogP contribution in [0.15, 0.2) is 12.1 Å². The molecule has 1 heterocycles. The Morgan fingerprint density at radius 1 is 0.941 bits per heavy atom. The molecule has 0 unspecified atom stereocenters. The van der Waals surface area contributed by atoms with Gasteiger partial charge in [0.15, 0.2) is 0 Å². The number of halogens is 2. The standard InChI is InChI=1S/C12H11Cl2NO2/c1-12(2,3)15-10(16)8-6(13)4-5-7(14)9(8)11(15)17/h4-5H,1-3H3. The first-order chi connectivity index (χ1) is 7.75. The molecule has 17 heavy (non-hydrogen) atoms. The van der Waals surface area contributed by atoms with Crippen LogP contribution < -0.4 is 0 Å². The van der Waals surface area contributed by atoms with Gasteiger partial charge < -0.3 is 0 Å². The van der Waals surface area contributed by atoms with Crippen molar-refractivity contribution in [2.75, 3.05) is 0 Å². The number of carbonyl (C=O) groups is 2. The van der Waals surface area contributed by atoms with E-state index in [1.807, 2.05) is 0 Å². The topological polar surface area (TPSA) is 37.4 Å². The predicted molar refractivity (Wildman–Crippen MR) is 66.7 cm³/mol. The zero-order chi connectivity index (χ0) is 13.0. The number of nitrogens with zero attached hydrogens (tertiary/aromatic N) is 1. The highest BCUT2D eigenvalue weighted by atomic mass is 35.5. The molecule has 1 aromatic rings. The van der Waals surface area contributed by atoms with Crippen LogP contribution in [0.25, 0.3) is 0 Å². The summed E-state index contributed by atoms with van der Waals surface area (Å²) in [5.41, 5.74) is -0.182. The molecule has 1 aliphatic rings. The van der Waals surface area contributed by atoms with Crippen molar-refractivity contribution in [3.63, 3.8) is 0 Å². The Bertz CT molecular complexity index is 491. The lowest BCUT2D eigenvalue weighted by Gasteiger charge is -2.29. The fourth-order valence-corrected chi connectivity index (χ4v) is 2.37. The molecule has 90 valence electrons. The Balaban J connectivity index is 2.69. The molecule has 0 saturated heterocycles. The molecule has 0 N–H and O–H groups in total. The molecule has 0 saturated carbocycles. The Morgan fingerprint density at radius 2 is 1.29 bits per heavy atom. The highest BCUT2D eigenvalue weighted by Gasteiger charge is 2.44. The van der Waals surface area contributed by atoms with Crippen molar-refractivity contribution in [3.05, 3.63) is 33.3 Å². The van der Waals surface area contributed by atoms with E-state index < -0.39 is 5.54 Å². The molecule has 0 bridgehead atoms. The number of amides is 2. The average molecular weight is 272 g/mol. The summed E-state index contributed by atoms with van der Waals surface area (Å²) >= 11 is 11.9. The lowest BCUT2D eigenvalue weighted by atomic mass is 10.1. The van der Waals surface area contributed by atoms with Crippen LogP contribution >= 0.6 is 23.2 Å². The lowest BCUT2D eigenvalue weighted by Crippen LogP contribution is -2.45. The maximum Gasteiger partial charge on any atom is 0.263 e. The summed E-state index contributed by atoms with van der Waals surface area (Å²) in [6.07, 6.45) is 0. The zero-order valence-corrected chi connectivity index (χ0v) is 11.2. The molecule has 1 aliphatic heterocycles. The normalized spacial score (nSPS) is 15.5. The summed E-state index contributed by atoms with van der Waals surface area (Å²) in [5.74, 6) is -0.769. The summed E-state index contributed by atoms with van der Waals surface area (Å²) in [6.45, 7) is 5.36. The van der Waals surface area contributed by atoms with Gasteiger partial charge >= 0.3 is 0 Å².